The maximum Gasteiger partial charge on any atom is 0.335 e. The number of aromatic nitrogens is 3. The maximum absolute atomic E-state index is 12.5. The van der Waals surface area contributed by atoms with Crippen LogP contribution < -0.4 is 4.90 Å². The Morgan fingerprint density at radius 3 is 2.50 bits per heavy atom. The minimum absolute atomic E-state index is 0.0146. The van der Waals surface area contributed by atoms with Crippen molar-refractivity contribution >= 4 is 17.6 Å². The Kier molecular flexibility index (Phi) is 5.11. The van der Waals surface area contributed by atoms with Crippen molar-refractivity contribution in [3.8, 4) is 11.3 Å². The second-order valence-electron chi connectivity index (χ2n) is 7.70. The van der Waals surface area contributed by atoms with Crippen LogP contribution in [0.15, 0.2) is 54.7 Å². The average Bonchev–Trinajstić information content (AvgIpc) is 3.22. The Bertz CT molecular complexity index is 1090. The lowest BCUT2D eigenvalue weighted by Gasteiger charge is -2.44. The molecule has 7 heteroatoms. The standard InChI is InChI=1S/C23H24N4O3/c1-4-20-14(2)22(26-13-19(24-25-26)16-8-6-5-7-9-16)18-12-17(23(29)30)10-11-21(18)27(20)15(3)28/h5-14,20,22H,4H2,1-3H3,(H,29,30). The molecule has 3 unspecified atom stereocenters. The Morgan fingerprint density at radius 2 is 1.87 bits per heavy atom. The fourth-order valence-electron chi connectivity index (χ4n) is 4.55. The number of amides is 1. The summed E-state index contributed by atoms with van der Waals surface area (Å²) in [6, 6.07) is 14.5. The van der Waals surface area contributed by atoms with E-state index < -0.39 is 5.97 Å². The highest BCUT2D eigenvalue weighted by Gasteiger charge is 2.41. The molecule has 0 saturated heterocycles. The Balaban J connectivity index is 1.87. The first-order valence-corrected chi connectivity index (χ1v) is 10.1. The van der Waals surface area contributed by atoms with Gasteiger partial charge in [0, 0.05) is 35.7 Å². The molecule has 0 spiro atoms. The van der Waals surface area contributed by atoms with Gasteiger partial charge in [0.1, 0.15) is 5.69 Å². The second-order valence-corrected chi connectivity index (χ2v) is 7.70. The zero-order chi connectivity index (χ0) is 21.4. The summed E-state index contributed by atoms with van der Waals surface area (Å²) < 4.78 is 1.80. The van der Waals surface area contributed by atoms with Gasteiger partial charge in [0.25, 0.3) is 0 Å². The number of carbonyl (C=O) groups is 2. The van der Waals surface area contributed by atoms with Crippen molar-refractivity contribution in [2.24, 2.45) is 5.92 Å². The topological polar surface area (TPSA) is 88.3 Å². The van der Waals surface area contributed by atoms with Gasteiger partial charge < -0.3 is 10.0 Å². The molecule has 1 aliphatic heterocycles. The highest BCUT2D eigenvalue weighted by molar-refractivity contribution is 5.95. The van der Waals surface area contributed by atoms with E-state index in [9.17, 15) is 14.7 Å². The first-order valence-electron chi connectivity index (χ1n) is 10.1. The smallest absolute Gasteiger partial charge is 0.335 e. The van der Waals surface area contributed by atoms with Gasteiger partial charge in [0.2, 0.25) is 5.91 Å². The minimum atomic E-state index is -1.00. The third-order valence-electron chi connectivity index (χ3n) is 5.91. The molecule has 154 valence electrons. The van der Waals surface area contributed by atoms with Crippen LogP contribution in [0, 0.1) is 5.92 Å². The number of carboxylic acid groups (broad SMARTS) is 1. The van der Waals surface area contributed by atoms with Crippen LogP contribution >= 0.6 is 0 Å². The van der Waals surface area contributed by atoms with Gasteiger partial charge >= 0.3 is 5.97 Å². The van der Waals surface area contributed by atoms with Gasteiger partial charge in [0.05, 0.1) is 17.8 Å². The molecule has 1 aromatic heterocycles. The lowest BCUT2D eigenvalue weighted by Crippen LogP contribution is -2.49. The quantitative estimate of drug-likeness (QED) is 0.710. The summed E-state index contributed by atoms with van der Waals surface area (Å²) in [6.07, 6.45) is 2.67. The fraction of sp³-hybridized carbons (Fsp3) is 0.304. The number of nitrogens with zero attached hydrogens (tertiary/aromatic N) is 4. The van der Waals surface area contributed by atoms with E-state index in [2.05, 4.69) is 24.2 Å². The van der Waals surface area contributed by atoms with Crippen LogP contribution in [-0.4, -0.2) is 38.0 Å². The zero-order valence-corrected chi connectivity index (χ0v) is 17.2. The summed E-state index contributed by atoms with van der Waals surface area (Å²) in [5.41, 5.74) is 3.41. The van der Waals surface area contributed by atoms with Crippen LogP contribution in [-0.2, 0) is 4.79 Å². The lowest BCUT2D eigenvalue weighted by atomic mass is 9.80. The van der Waals surface area contributed by atoms with E-state index in [1.165, 1.54) is 0 Å². The molecule has 0 bridgehead atoms. The molecule has 1 aliphatic rings. The van der Waals surface area contributed by atoms with E-state index in [0.717, 1.165) is 28.9 Å². The SMILES string of the molecule is CCC1C(C)C(n2cc(-c3ccccc3)nn2)c2cc(C(=O)O)ccc2N1C(C)=O. The van der Waals surface area contributed by atoms with Gasteiger partial charge in [-0.2, -0.15) is 0 Å². The van der Waals surface area contributed by atoms with E-state index in [0.29, 0.717) is 0 Å². The maximum atomic E-state index is 12.5. The molecular formula is C23H24N4O3. The normalized spacial score (nSPS) is 20.6. The van der Waals surface area contributed by atoms with Crippen LogP contribution in [0.3, 0.4) is 0 Å². The van der Waals surface area contributed by atoms with Crippen LogP contribution in [0.2, 0.25) is 0 Å². The Hall–Kier alpha value is -3.48. The van der Waals surface area contributed by atoms with E-state index in [1.807, 2.05) is 36.5 Å². The van der Waals surface area contributed by atoms with Gasteiger partial charge in [-0.25, -0.2) is 9.48 Å². The number of benzene rings is 2. The molecule has 0 saturated carbocycles. The number of fused-ring (bicyclic) bond motifs is 1. The molecule has 3 aromatic rings. The Labute approximate surface area is 174 Å². The molecule has 0 fully saturated rings. The van der Waals surface area contributed by atoms with E-state index in [1.54, 1.807) is 34.7 Å². The Morgan fingerprint density at radius 1 is 1.13 bits per heavy atom. The molecule has 3 atom stereocenters. The molecule has 2 aromatic carbocycles. The summed E-state index contributed by atoms with van der Waals surface area (Å²) >= 11 is 0. The number of carbonyl (C=O) groups excluding carboxylic acids is 1. The summed E-state index contributed by atoms with van der Waals surface area (Å²) in [4.78, 5) is 25.9. The third kappa shape index (κ3) is 3.26. The van der Waals surface area contributed by atoms with Gasteiger partial charge in [-0.15, -0.1) is 5.10 Å². The van der Waals surface area contributed by atoms with Crippen molar-refractivity contribution in [3.05, 3.63) is 65.9 Å². The van der Waals surface area contributed by atoms with Crippen LogP contribution in [0.25, 0.3) is 11.3 Å². The predicted octanol–water partition coefficient (Wildman–Crippen LogP) is 4.01. The number of hydrogen-bond acceptors (Lipinski definition) is 4. The largest absolute Gasteiger partial charge is 0.478 e. The highest BCUT2D eigenvalue weighted by Crippen LogP contribution is 2.44. The van der Waals surface area contributed by atoms with Gasteiger partial charge in [-0.1, -0.05) is 49.4 Å². The van der Waals surface area contributed by atoms with Crippen molar-refractivity contribution < 1.29 is 14.7 Å². The average molecular weight is 404 g/mol. The van der Waals surface area contributed by atoms with Crippen LogP contribution in [0.5, 0.6) is 0 Å². The van der Waals surface area contributed by atoms with Crippen molar-refractivity contribution in [1.29, 1.82) is 0 Å². The number of carboxylic acids is 1. The number of hydrogen-bond donors (Lipinski definition) is 1. The molecule has 4 rings (SSSR count). The van der Waals surface area contributed by atoms with Crippen molar-refractivity contribution in [2.45, 2.75) is 39.3 Å². The second kappa shape index (κ2) is 7.74. The van der Waals surface area contributed by atoms with Gasteiger partial charge in [-0.05, 0) is 24.6 Å². The summed E-state index contributed by atoms with van der Waals surface area (Å²) in [5.74, 6) is -1.04. The number of anilines is 1. The molecule has 0 radical (unpaired) electrons. The van der Waals surface area contributed by atoms with Crippen molar-refractivity contribution in [2.75, 3.05) is 4.90 Å². The summed E-state index contributed by atoms with van der Waals surface area (Å²) in [7, 11) is 0. The molecule has 30 heavy (non-hydrogen) atoms. The van der Waals surface area contributed by atoms with Crippen LogP contribution in [0.1, 0.15) is 49.2 Å². The van der Waals surface area contributed by atoms with E-state index in [4.69, 9.17) is 0 Å². The minimum Gasteiger partial charge on any atom is -0.478 e. The zero-order valence-electron chi connectivity index (χ0n) is 17.2. The molecule has 7 nitrogen and oxygen atoms in total. The predicted molar refractivity (Wildman–Crippen MR) is 113 cm³/mol. The third-order valence-corrected chi connectivity index (χ3v) is 5.91. The van der Waals surface area contributed by atoms with Gasteiger partial charge in [0.15, 0.2) is 0 Å². The summed E-state index contributed by atoms with van der Waals surface area (Å²) in [6.45, 7) is 5.68. The molecular weight excluding hydrogens is 380 g/mol. The van der Waals surface area contributed by atoms with E-state index >= 15 is 0 Å². The number of aromatic carboxylic acids is 1. The number of rotatable bonds is 4. The fourth-order valence-corrected chi connectivity index (χ4v) is 4.55. The lowest BCUT2D eigenvalue weighted by molar-refractivity contribution is -0.117. The molecule has 1 N–H and O–H groups in total. The molecule has 0 aliphatic carbocycles. The molecule has 1 amide bonds. The van der Waals surface area contributed by atoms with Crippen molar-refractivity contribution in [1.82, 2.24) is 15.0 Å². The van der Waals surface area contributed by atoms with Crippen LogP contribution in [0.4, 0.5) is 5.69 Å². The first kappa shape index (κ1) is 19.8. The van der Waals surface area contributed by atoms with Crippen molar-refractivity contribution in [3.63, 3.8) is 0 Å². The highest BCUT2D eigenvalue weighted by atomic mass is 16.4. The van der Waals surface area contributed by atoms with Gasteiger partial charge in [-0.3, -0.25) is 4.79 Å². The molecule has 2 heterocycles. The summed E-state index contributed by atoms with van der Waals surface area (Å²) in [5, 5.41) is 18.3. The first-order chi connectivity index (χ1) is 14.4. The monoisotopic (exact) mass is 404 g/mol. The van der Waals surface area contributed by atoms with E-state index in [-0.39, 0.29) is 29.5 Å².